The number of benzene rings is 3. The Balaban J connectivity index is 1.50. The summed E-state index contributed by atoms with van der Waals surface area (Å²) < 4.78 is 0. The van der Waals surface area contributed by atoms with E-state index in [4.69, 9.17) is 23.2 Å². The molecule has 0 radical (unpaired) electrons. The molecule has 146 valence electrons. The molecule has 0 saturated heterocycles. The number of rotatable bonds is 4. The highest BCUT2D eigenvalue weighted by atomic mass is 35.5. The highest BCUT2D eigenvalue weighted by Crippen LogP contribution is 2.47. The van der Waals surface area contributed by atoms with Crippen LogP contribution >= 0.6 is 35.0 Å². The third kappa shape index (κ3) is 4.19. The smallest absolute Gasteiger partial charge is 0.260 e. The van der Waals surface area contributed by atoms with Gasteiger partial charge in [-0.15, -0.1) is 0 Å². The summed E-state index contributed by atoms with van der Waals surface area (Å²) in [6.45, 7) is 0.114. The molecule has 8 heteroatoms. The standard InChI is InChI=1S/C21H15Cl2N3O2S/c22-14-9-13(10-15(23)21(14)28)11-24-25-20(27)12-26-16-5-1-3-7-18(16)29-19-8-4-2-6-17(19)26/h1-11,28H,12H2,(H,25,27)/b24-11+. The van der Waals surface area contributed by atoms with Crippen LogP contribution in [0.15, 0.2) is 75.6 Å². The molecule has 0 fully saturated rings. The van der Waals surface area contributed by atoms with Crippen molar-refractivity contribution in [3.8, 4) is 5.75 Å². The number of nitrogens with one attached hydrogen (secondary N) is 1. The van der Waals surface area contributed by atoms with Crippen LogP contribution in [0.4, 0.5) is 11.4 Å². The normalized spacial score (nSPS) is 12.6. The molecule has 0 aromatic heterocycles. The first-order valence-corrected chi connectivity index (χ1v) is 10.2. The Labute approximate surface area is 181 Å². The maximum Gasteiger partial charge on any atom is 0.260 e. The van der Waals surface area contributed by atoms with E-state index in [0.717, 1.165) is 21.2 Å². The minimum atomic E-state index is -0.270. The van der Waals surface area contributed by atoms with Gasteiger partial charge in [0.15, 0.2) is 5.75 Å². The second-order valence-corrected chi connectivity index (χ2v) is 8.15. The molecule has 3 aromatic carbocycles. The predicted molar refractivity (Wildman–Crippen MR) is 118 cm³/mol. The highest BCUT2D eigenvalue weighted by molar-refractivity contribution is 7.99. The number of para-hydroxylation sites is 2. The third-order valence-corrected chi connectivity index (χ3v) is 5.98. The van der Waals surface area contributed by atoms with Gasteiger partial charge in [0.1, 0.15) is 6.54 Å². The average Bonchev–Trinajstić information content (AvgIpc) is 2.72. The van der Waals surface area contributed by atoms with E-state index in [1.165, 1.54) is 18.3 Å². The van der Waals surface area contributed by atoms with Crippen LogP contribution in [0.2, 0.25) is 10.0 Å². The van der Waals surface area contributed by atoms with E-state index in [1.54, 1.807) is 11.8 Å². The van der Waals surface area contributed by atoms with E-state index < -0.39 is 0 Å². The minimum Gasteiger partial charge on any atom is -0.505 e. The number of phenolic OH excluding ortho intramolecular Hbond substituents is 1. The summed E-state index contributed by atoms with van der Waals surface area (Å²) in [6.07, 6.45) is 1.42. The van der Waals surface area contributed by atoms with Crippen molar-refractivity contribution >= 4 is 58.5 Å². The van der Waals surface area contributed by atoms with Gasteiger partial charge >= 0.3 is 0 Å². The molecular weight excluding hydrogens is 429 g/mol. The predicted octanol–water partition coefficient (Wildman–Crippen LogP) is 5.45. The SMILES string of the molecule is O=C(CN1c2ccccc2Sc2ccccc21)N/N=C/c1cc(Cl)c(O)c(Cl)c1. The number of hydrogen-bond donors (Lipinski definition) is 2. The number of nitrogens with zero attached hydrogens (tertiary/aromatic N) is 2. The van der Waals surface area contributed by atoms with E-state index in [0.29, 0.717) is 5.56 Å². The van der Waals surface area contributed by atoms with Crippen LogP contribution in [0.3, 0.4) is 0 Å². The lowest BCUT2D eigenvalue weighted by Gasteiger charge is -2.31. The maximum atomic E-state index is 12.5. The van der Waals surface area contributed by atoms with Crippen molar-refractivity contribution in [3.63, 3.8) is 0 Å². The number of carbonyl (C=O) groups is 1. The first-order valence-electron chi connectivity index (χ1n) is 8.66. The molecule has 1 aliphatic rings. The van der Waals surface area contributed by atoms with Crippen LogP contribution in [0.1, 0.15) is 5.56 Å². The van der Waals surface area contributed by atoms with E-state index in [2.05, 4.69) is 10.5 Å². The monoisotopic (exact) mass is 443 g/mol. The number of anilines is 2. The van der Waals surface area contributed by atoms with Gasteiger partial charge in [0.25, 0.3) is 5.91 Å². The fourth-order valence-electron chi connectivity index (χ4n) is 2.97. The summed E-state index contributed by atoms with van der Waals surface area (Å²) in [5, 5.41) is 13.8. The van der Waals surface area contributed by atoms with Crippen LogP contribution < -0.4 is 10.3 Å². The van der Waals surface area contributed by atoms with Crippen molar-refractivity contribution in [1.29, 1.82) is 0 Å². The molecule has 1 heterocycles. The molecule has 3 aromatic rings. The minimum absolute atomic E-state index is 0.114. The number of hydrazone groups is 1. The van der Waals surface area contributed by atoms with Gasteiger partial charge in [-0.05, 0) is 42.0 Å². The highest BCUT2D eigenvalue weighted by Gasteiger charge is 2.24. The number of fused-ring (bicyclic) bond motifs is 2. The third-order valence-electron chi connectivity index (χ3n) is 4.28. The van der Waals surface area contributed by atoms with Crippen molar-refractivity contribution in [1.82, 2.24) is 5.43 Å². The molecule has 0 saturated carbocycles. The molecule has 0 atom stereocenters. The van der Waals surface area contributed by atoms with Gasteiger partial charge in [-0.25, -0.2) is 5.43 Å². The molecule has 29 heavy (non-hydrogen) atoms. The lowest BCUT2D eigenvalue weighted by atomic mass is 10.2. The fraction of sp³-hybridized carbons (Fsp3) is 0.0476. The van der Waals surface area contributed by atoms with Crippen LogP contribution in [-0.4, -0.2) is 23.8 Å². The zero-order chi connectivity index (χ0) is 20.4. The molecule has 0 unspecified atom stereocenters. The van der Waals surface area contributed by atoms with Crippen molar-refractivity contribution in [2.75, 3.05) is 11.4 Å². The summed E-state index contributed by atoms with van der Waals surface area (Å²) in [5.41, 5.74) is 5.04. The number of amides is 1. The van der Waals surface area contributed by atoms with Crippen molar-refractivity contribution in [2.24, 2.45) is 5.10 Å². The zero-order valence-corrected chi connectivity index (χ0v) is 17.3. The summed E-state index contributed by atoms with van der Waals surface area (Å²) in [7, 11) is 0. The number of carbonyl (C=O) groups excluding carboxylic acids is 1. The maximum absolute atomic E-state index is 12.5. The van der Waals surface area contributed by atoms with Gasteiger partial charge in [-0.3, -0.25) is 4.79 Å². The Kier molecular flexibility index (Phi) is 5.67. The Morgan fingerprint density at radius 2 is 1.59 bits per heavy atom. The molecular formula is C21H15Cl2N3O2S. The lowest BCUT2D eigenvalue weighted by Crippen LogP contribution is -2.33. The summed E-state index contributed by atoms with van der Waals surface area (Å²) in [6, 6.07) is 19.0. The van der Waals surface area contributed by atoms with Crippen LogP contribution in [0, 0.1) is 0 Å². The second-order valence-electron chi connectivity index (χ2n) is 6.25. The van der Waals surface area contributed by atoms with Crippen LogP contribution in [-0.2, 0) is 4.79 Å². The molecule has 2 N–H and O–H groups in total. The summed E-state index contributed by atoms with van der Waals surface area (Å²) >= 11 is 13.5. The van der Waals surface area contributed by atoms with Crippen LogP contribution in [0.25, 0.3) is 0 Å². The molecule has 1 aliphatic heterocycles. The Hall–Kier alpha value is -2.67. The van der Waals surface area contributed by atoms with Crippen molar-refractivity contribution in [2.45, 2.75) is 9.79 Å². The first-order chi connectivity index (χ1) is 14.0. The van der Waals surface area contributed by atoms with E-state index >= 15 is 0 Å². The quantitative estimate of drug-likeness (QED) is 0.415. The number of hydrogen-bond acceptors (Lipinski definition) is 5. The van der Waals surface area contributed by atoms with Gasteiger partial charge in [0.2, 0.25) is 0 Å². The van der Waals surface area contributed by atoms with Gasteiger partial charge in [-0.1, -0.05) is 59.2 Å². The number of phenols is 1. The average molecular weight is 444 g/mol. The van der Waals surface area contributed by atoms with E-state index in [1.807, 2.05) is 53.4 Å². The summed E-state index contributed by atoms with van der Waals surface area (Å²) in [5.74, 6) is -0.455. The molecule has 0 bridgehead atoms. The molecule has 5 nitrogen and oxygen atoms in total. The van der Waals surface area contributed by atoms with Gasteiger partial charge in [-0.2, -0.15) is 5.10 Å². The molecule has 4 rings (SSSR count). The van der Waals surface area contributed by atoms with E-state index in [-0.39, 0.29) is 28.2 Å². The molecule has 0 aliphatic carbocycles. The lowest BCUT2D eigenvalue weighted by molar-refractivity contribution is -0.119. The Bertz CT molecular complexity index is 1050. The zero-order valence-electron chi connectivity index (χ0n) is 15.0. The van der Waals surface area contributed by atoms with Crippen molar-refractivity contribution < 1.29 is 9.90 Å². The molecule has 1 amide bonds. The fourth-order valence-corrected chi connectivity index (χ4v) is 4.57. The number of halogens is 2. The van der Waals surface area contributed by atoms with Crippen LogP contribution in [0.5, 0.6) is 5.75 Å². The van der Waals surface area contributed by atoms with Gasteiger partial charge < -0.3 is 10.0 Å². The Morgan fingerprint density at radius 1 is 1.03 bits per heavy atom. The number of aromatic hydroxyl groups is 1. The topological polar surface area (TPSA) is 64.9 Å². The van der Waals surface area contributed by atoms with Gasteiger partial charge in [0, 0.05) is 9.79 Å². The molecule has 0 spiro atoms. The van der Waals surface area contributed by atoms with Crippen molar-refractivity contribution in [3.05, 3.63) is 76.3 Å². The largest absolute Gasteiger partial charge is 0.505 e. The summed E-state index contributed by atoms with van der Waals surface area (Å²) in [4.78, 5) is 16.7. The Morgan fingerprint density at radius 3 is 2.17 bits per heavy atom. The first kappa shape index (κ1) is 19.6. The van der Waals surface area contributed by atoms with E-state index in [9.17, 15) is 9.90 Å². The van der Waals surface area contributed by atoms with Gasteiger partial charge in [0.05, 0.1) is 27.6 Å². The second kappa shape index (κ2) is 8.37.